The zero-order valence-electron chi connectivity index (χ0n) is 13.6. The minimum absolute atomic E-state index is 0.657. The molecule has 0 saturated carbocycles. The molecule has 0 aliphatic carbocycles. The zero-order chi connectivity index (χ0) is 16.6. The maximum Gasteiger partial charge on any atom is 0.181 e. The zero-order valence-corrected chi connectivity index (χ0v) is 15.9. The van der Waals surface area contributed by atoms with Gasteiger partial charge in [-0.2, -0.15) is 5.10 Å². The lowest BCUT2D eigenvalue weighted by Crippen LogP contribution is -2.04. The van der Waals surface area contributed by atoms with Gasteiger partial charge in [0.25, 0.3) is 0 Å². The molecule has 0 aliphatic rings. The van der Waals surface area contributed by atoms with E-state index in [1.165, 1.54) is 0 Å². The van der Waals surface area contributed by atoms with E-state index in [9.17, 15) is 0 Å². The molecule has 2 aromatic heterocycles. The van der Waals surface area contributed by atoms with Crippen molar-refractivity contribution in [1.29, 1.82) is 0 Å². The summed E-state index contributed by atoms with van der Waals surface area (Å²) >= 11 is 9.86. The molecule has 1 aromatic carbocycles. The Morgan fingerprint density at radius 2 is 2.04 bits per heavy atom. The van der Waals surface area contributed by atoms with Crippen LogP contribution in [0.5, 0.6) is 0 Å². The van der Waals surface area contributed by atoms with Crippen LogP contribution in [0.2, 0.25) is 5.02 Å². The molecule has 2 heterocycles. The third-order valence-electron chi connectivity index (χ3n) is 4.01. The summed E-state index contributed by atoms with van der Waals surface area (Å²) in [5.74, 6) is 1.11. The maximum absolute atomic E-state index is 6.41. The third kappa shape index (κ3) is 2.92. The van der Waals surface area contributed by atoms with Crippen LogP contribution in [0.15, 0.2) is 22.7 Å². The second kappa shape index (κ2) is 6.65. The number of hydrogen-bond donors (Lipinski definition) is 0. The number of aryl methyl sites for hydroxylation is 3. The highest BCUT2D eigenvalue weighted by Crippen LogP contribution is 2.29. The SMILES string of the molecule is CCCCn1c(CC)nc2c1c(C)nn2-c1ccc(Br)cc1Cl. The molecular weight excluding hydrogens is 376 g/mol. The van der Waals surface area contributed by atoms with Crippen molar-refractivity contribution in [2.75, 3.05) is 0 Å². The highest BCUT2D eigenvalue weighted by molar-refractivity contribution is 9.10. The van der Waals surface area contributed by atoms with Gasteiger partial charge in [0.1, 0.15) is 11.3 Å². The van der Waals surface area contributed by atoms with Crippen LogP contribution in [0.1, 0.15) is 38.2 Å². The smallest absolute Gasteiger partial charge is 0.181 e. The minimum Gasteiger partial charge on any atom is -0.325 e. The van der Waals surface area contributed by atoms with E-state index in [1.54, 1.807) is 0 Å². The fourth-order valence-electron chi connectivity index (χ4n) is 2.88. The summed E-state index contributed by atoms with van der Waals surface area (Å²) in [7, 11) is 0. The molecule has 122 valence electrons. The largest absolute Gasteiger partial charge is 0.325 e. The number of hydrogen-bond acceptors (Lipinski definition) is 2. The van der Waals surface area contributed by atoms with E-state index in [-0.39, 0.29) is 0 Å². The predicted octanol–water partition coefficient (Wildman–Crippen LogP) is 5.31. The van der Waals surface area contributed by atoms with Gasteiger partial charge in [0.15, 0.2) is 5.65 Å². The first-order valence-electron chi connectivity index (χ1n) is 7.97. The molecule has 0 N–H and O–H groups in total. The first-order valence-corrected chi connectivity index (χ1v) is 9.14. The molecule has 0 atom stereocenters. The van der Waals surface area contributed by atoms with Crippen LogP contribution < -0.4 is 0 Å². The lowest BCUT2D eigenvalue weighted by molar-refractivity contribution is 0.617. The summed E-state index contributed by atoms with van der Waals surface area (Å²) in [5.41, 5.74) is 3.85. The Kier molecular flexibility index (Phi) is 4.78. The van der Waals surface area contributed by atoms with E-state index < -0.39 is 0 Å². The molecule has 23 heavy (non-hydrogen) atoms. The molecular formula is C17H20BrClN4. The lowest BCUT2D eigenvalue weighted by Gasteiger charge is -2.06. The Hall–Kier alpha value is -1.33. The first kappa shape index (κ1) is 16.5. The molecule has 3 aromatic rings. The summed E-state index contributed by atoms with van der Waals surface area (Å²) in [4.78, 5) is 4.84. The molecule has 0 bridgehead atoms. The summed E-state index contributed by atoms with van der Waals surface area (Å²) in [6.07, 6.45) is 3.21. The molecule has 0 fully saturated rings. The highest BCUT2D eigenvalue weighted by Gasteiger charge is 2.19. The average molecular weight is 396 g/mol. The Morgan fingerprint density at radius 1 is 1.26 bits per heavy atom. The molecule has 0 spiro atoms. The van der Waals surface area contributed by atoms with Gasteiger partial charge in [-0.3, -0.25) is 0 Å². The van der Waals surface area contributed by atoms with Gasteiger partial charge < -0.3 is 4.57 Å². The van der Waals surface area contributed by atoms with Gasteiger partial charge in [0, 0.05) is 17.4 Å². The number of aromatic nitrogens is 4. The van der Waals surface area contributed by atoms with Crippen molar-refractivity contribution in [1.82, 2.24) is 19.3 Å². The summed E-state index contributed by atoms with van der Waals surface area (Å²) in [6, 6.07) is 5.82. The van der Waals surface area contributed by atoms with Gasteiger partial charge in [0.2, 0.25) is 0 Å². The van der Waals surface area contributed by atoms with Gasteiger partial charge in [0.05, 0.1) is 16.4 Å². The van der Waals surface area contributed by atoms with Crippen LogP contribution >= 0.6 is 27.5 Å². The number of rotatable bonds is 5. The average Bonchev–Trinajstić information content (AvgIpc) is 3.03. The summed E-state index contributed by atoms with van der Waals surface area (Å²) < 4.78 is 5.12. The van der Waals surface area contributed by atoms with Gasteiger partial charge in [-0.15, -0.1) is 0 Å². The first-order chi connectivity index (χ1) is 11.1. The third-order valence-corrected chi connectivity index (χ3v) is 4.81. The van der Waals surface area contributed by atoms with Crippen LogP contribution in [0.4, 0.5) is 0 Å². The Labute approximate surface area is 149 Å². The fraction of sp³-hybridized carbons (Fsp3) is 0.412. The normalized spacial score (nSPS) is 11.5. The second-order valence-electron chi connectivity index (χ2n) is 5.65. The lowest BCUT2D eigenvalue weighted by atomic mass is 10.3. The molecule has 0 aliphatic heterocycles. The van der Waals surface area contributed by atoms with Crippen molar-refractivity contribution in [3.05, 3.63) is 39.2 Å². The standard InChI is InChI=1S/C17H20BrClN4/c1-4-6-9-22-15(5-2)20-17-16(22)11(3)21-23(17)14-8-7-12(18)10-13(14)19/h7-8,10H,4-6,9H2,1-3H3. The summed E-state index contributed by atoms with van der Waals surface area (Å²) in [6.45, 7) is 7.37. The number of benzene rings is 1. The van der Waals surface area contributed by atoms with E-state index in [0.29, 0.717) is 5.02 Å². The van der Waals surface area contributed by atoms with Crippen LogP contribution in [0.3, 0.4) is 0 Å². The van der Waals surface area contributed by atoms with Gasteiger partial charge in [-0.05, 0) is 31.5 Å². The van der Waals surface area contributed by atoms with Gasteiger partial charge >= 0.3 is 0 Å². The number of halogens is 2. The predicted molar refractivity (Wildman–Crippen MR) is 98.6 cm³/mol. The maximum atomic E-state index is 6.41. The number of fused-ring (bicyclic) bond motifs is 1. The monoisotopic (exact) mass is 394 g/mol. The molecule has 0 saturated heterocycles. The van der Waals surface area contributed by atoms with E-state index in [1.807, 2.05) is 29.8 Å². The van der Waals surface area contributed by atoms with Crippen molar-refractivity contribution < 1.29 is 0 Å². The molecule has 3 rings (SSSR count). The second-order valence-corrected chi connectivity index (χ2v) is 6.97. The van der Waals surface area contributed by atoms with E-state index in [2.05, 4.69) is 39.4 Å². The Morgan fingerprint density at radius 3 is 2.70 bits per heavy atom. The topological polar surface area (TPSA) is 35.6 Å². The van der Waals surface area contributed by atoms with Crippen molar-refractivity contribution in [2.45, 2.75) is 46.6 Å². The van der Waals surface area contributed by atoms with Crippen molar-refractivity contribution in [3.8, 4) is 5.69 Å². The molecule has 6 heteroatoms. The van der Waals surface area contributed by atoms with Crippen LogP contribution in [-0.2, 0) is 13.0 Å². The van der Waals surface area contributed by atoms with E-state index >= 15 is 0 Å². The van der Waals surface area contributed by atoms with Crippen molar-refractivity contribution >= 4 is 38.7 Å². The molecule has 0 radical (unpaired) electrons. The highest BCUT2D eigenvalue weighted by atomic mass is 79.9. The quantitative estimate of drug-likeness (QED) is 0.587. The number of nitrogens with zero attached hydrogens (tertiary/aromatic N) is 4. The molecule has 4 nitrogen and oxygen atoms in total. The van der Waals surface area contributed by atoms with Crippen molar-refractivity contribution in [2.24, 2.45) is 0 Å². The van der Waals surface area contributed by atoms with E-state index in [4.69, 9.17) is 16.6 Å². The van der Waals surface area contributed by atoms with Crippen LogP contribution in [0, 0.1) is 6.92 Å². The number of unbranched alkanes of at least 4 members (excludes halogenated alkanes) is 1. The fourth-order valence-corrected chi connectivity index (χ4v) is 3.64. The number of imidazole rings is 1. The Bertz CT molecular complexity index is 850. The molecule has 0 unspecified atom stereocenters. The Balaban J connectivity index is 2.21. The molecule has 0 amide bonds. The van der Waals surface area contributed by atoms with Crippen molar-refractivity contribution in [3.63, 3.8) is 0 Å². The summed E-state index contributed by atoms with van der Waals surface area (Å²) in [5, 5.41) is 5.35. The van der Waals surface area contributed by atoms with Gasteiger partial charge in [-0.25, -0.2) is 9.67 Å². The van der Waals surface area contributed by atoms with E-state index in [0.717, 1.165) is 58.6 Å². The van der Waals surface area contributed by atoms with Crippen LogP contribution in [0.25, 0.3) is 16.9 Å². The van der Waals surface area contributed by atoms with Crippen LogP contribution in [-0.4, -0.2) is 19.3 Å². The minimum atomic E-state index is 0.657. The van der Waals surface area contributed by atoms with Gasteiger partial charge in [-0.1, -0.05) is 47.8 Å².